The summed E-state index contributed by atoms with van der Waals surface area (Å²) in [4.78, 5) is 25.7. The lowest BCUT2D eigenvalue weighted by Crippen LogP contribution is -2.45. The van der Waals surface area contributed by atoms with E-state index in [4.69, 9.17) is 4.74 Å². The van der Waals surface area contributed by atoms with Gasteiger partial charge in [0.25, 0.3) is 0 Å². The van der Waals surface area contributed by atoms with Crippen molar-refractivity contribution in [3.63, 3.8) is 0 Å². The highest BCUT2D eigenvalue weighted by Crippen LogP contribution is 2.52. The van der Waals surface area contributed by atoms with Crippen molar-refractivity contribution in [1.82, 2.24) is 0 Å². The van der Waals surface area contributed by atoms with Crippen molar-refractivity contribution in [2.24, 2.45) is 11.8 Å². The van der Waals surface area contributed by atoms with Crippen LogP contribution in [0.1, 0.15) is 5.56 Å². The molecule has 1 amide bonds. The van der Waals surface area contributed by atoms with E-state index in [0.29, 0.717) is 6.54 Å². The van der Waals surface area contributed by atoms with Crippen LogP contribution in [0, 0.1) is 18.8 Å². The average Bonchev–Trinajstić information content (AvgIpc) is 3.08. The van der Waals surface area contributed by atoms with Crippen LogP contribution in [-0.2, 0) is 14.3 Å². The number of carboxylic acid groups (broad SMARTS) is 1. The van der Waals surface area contributed by atoms with E-state index in [1.807, 2.05) is 37.3 Å². The highest BCUT2D eigenvalue weighted by Gasteiger charge is 2.65. The van der Waals surface area contributed by atoms with Crippen LogP contribution in [0.15, 0.2) is 36.4 Å². The summed E-state index contributed by atoms with van der Waals surface area (Å²) in [6.07, 6.45) is 3.04. The lowest BCUT2D eigenvalue weighted by Gasteiger charge is -2.24. The monoisotopic (exact) mass is 284 g/mol. The molecule has 3 aliphatic heterocycles. The highest BCUT2D eigenvalue weighted by atomic mass is 16.5. The van der Waals surface area contributed by atoms with E-state index in [0.717, 1.165) is 11.3 Å². The second kappa shape index (κ2) is 3.95. The number of rotatable bonds is 2. The van der Waals surface area contributed by atoms with Gasteiger partial charge in [-0.15, -0.1) is 0 Å². The van der Waals surface area contributed by atoms with Crippen LogP contribution in [0.3, 0.4) is 0 Å². The predicted octanol–water partition coefficient (Wildman–Crippen LogP) is 0.0313. The maximum absolute atomic E-state index is 12.7. The first-order valence-corrected chi connectivity index (χ1v) is 6.98. The predicted molar refractivity (Wildman–Crippen MR) is 72.3 cm³/mol. The van der Waals surface area contributed by atoms with Crippen LogP contribution >= 0.6 is 0 Å². The molecule has 0 unspecified atom stereocenters. The van der Waals surface area contributed by atoms with Crippen LogP contribution in [0.5, 0.6) is 0 Å². The fraction of sp³-hybridized carbons (Fsp3) is 0.375. The molecule has 108 valence electrons. The number of benzene rings is 1. The first kappa shape index (κ1) is 12.6. The zero-order valence-corrected chi connectivity index (χ0v) is 11.5. The normalized spacial score (nSPS) is 36.3. The van der Waals surface area contributed by atoms with Gasteiger partial charge in [-0.05, 0) is 19.1 Å². The number of fused-ring (bicyclic) bond motifs is 1. The van der Waals surface area contributed by atoms with E-state index in [2.05, 4.69) is 0 Å². The molecule has 0 aromatic heterocycles. The average molecular weight is 284 g/mol. The van der Waals surface area contributed by atoms with Crippen molar-refractivity contribution in [2.75, 3.05) is 11.4 Å². The molecule has 1 spiro atoms. The minimum Gasteiger partial charge on any atom is -0.550 e. The summed E-state index contributed by atoms with van der Waals surface area (Å²) in [7, 11) is 0. The lowest BCUT2D eigenvalue weighted by atomic mass is 9.77. The molecule has 1 aromatic carbocycles. The van der Waals surface area contributed by atoms with Gasteiger partial charge in [0.15, 0.2) is 0 Å². The Morgan fingerprint density at radius 1 is 1.38 bits per heavy atom. The van der Waals surface area contributed by atoms with Crippen LogP contribution in [0.25, 0.3) is 0 Å². The van der Waals surface area contributed by atoms with Crippen LogP contribution in [-0.4, -0.2) is 30.1 Å². The first-order valence-electron chi connectivity index (χ1n) is 6.98. The van der Waals surface area contributed by atoms with Crippen molar-refractivity contribution in [3.05, 3.63) is 42.0 Å². The Labute approximate surface area is 121 Å². The number of nitrogens with zero attached hydrogens (tertiary/aromatic N) is 1. The third-order valence-corrected chi connectivity index (χ3v) is 4.72. The van der Waals surface area contributed by atoms with Gasteiger partial charge in [-0.2, -0.15) is 0 Å². The molecular formula is C16H14NO4-. The van der Waals surface area contributed by atoms with Gasteiger partial charge in [-0.3, -0.25) is 4.79 Å². The number of carbonyl (C=O) groups excluding carboxylic acids is 2. The number of carboxylic acids is 1. The van der Waals surface area contributed by atoms with Gasteiger partial charge in [0.05, 0.1) is 18.6 Å². The molecule has 2 bridgehead atoms. The Bertz CT molecular complexity index is 665. The number of hydrogen-bond acceptors (Lipinski definition) is 4. The molecule has 5 nitrogen and oxygen atoms in total. The summed E-state index contributed by atoms with van der Waals surface area (Å²) < 4.78 is 5.81. The summed E-state index contributed by atoms with van der Waals surface area (Å²) in [5.74, 6) is -2.98. The quantitative estimate of drug-likeness (QED) is 0.719. The van der Waals surface area contributed by atoms with Crippen molar-refractivity contribution >= 4 is 17.6 Å². The molecule has 2 fully saturated rings. The third kappa shape index (κ3) is 1.55. The Morgan fingerprint density at radius 2 is 2.10 bits per heavy atom. The number of aliphatic carboxylic acids is 1. The Kier molecular flexibility index (Phi) is 2.37. The van der Waals surface area contributed by atoms with Gasteiger partial charge >= 0.3 is 0 Å². The van der Waals surface area contributed by atoms with Gasteiger partial charge in [-0.1, -0.05) is 29.8 Å². The third-order valence-electron chi connectivity index (χ3n) is 4.72. The van der Waals surface area contributed by atoms with Crippen LogP contribution < -0.4 is 10.0 Å². The summed E-state index contributed by atoms with van der Waals surface area (Å²) in [5, 5.41) is 11.4. The van der Waals surface area contributed by atoms with Gasteiger partial charge in [0, 0.05) is 17.6 Å². The first-order chi connectivity index (χ1) is 10.0. The molecule has 21 heavy (non-hydrogen) atoms. The molecule has 0 saturated carbocycles. The fourth-order valence-corrected chi connectivity index (χ4v) is 3.71. The van der Waals surface area contributed by atoms with Gasteiger partial charge < -0.3 is 19.5 Å². The lowest BCUT2D eigenvalue weighted by molar-refractivity contribution is -0.313. The number of aryl methyl sites for hydroxylation is 1. The Morgan fingerprint density at radius 3 is 2.76 bits per heavy atom. The highest BCUT2D eigenvalue weighted by molar-refractivity contribution is 6.02. The maximum Gasteiger partial charge on any atom is 0.234 e. The van der Waals surface area contributed by atoms with Crippen molar-refractivity contribution < 1.29 is 19.4 Å². The zero-order valence-electron chi connectivity index (χ0n) is 11.5. The van der Waals surface area contributed by atoms with Crippen LogP contribution in [0.2, 0.25) is 0 Å². The molecule has 3 heterocycles. The Balaban J connectivity index is 1.73. The van der Waals surface area contributed by atoms with Gasteiger partial charge in [0.2, 0.25) is 5.91 Å². The summed E-state index contributed by atoms with van der Waals surface area (Å²) in [6.45, 7) is 2.33. The van der Waals surface area contributed by atoms with E-state index >= 15 is 0 Å². The van der Waals surface area contributed by atoms with Crippen molar-refractivity contribution in [2.45, 2.75) is 18.6 Å². The number of ether oxygens (including phenoxy) is 1. The second-order valence-corrected chi connectivity index (χ2v) is 5.98. The van der Waals surface area contributed by atoms with E-state index in [1.165, 1.54) is 0 Å². The molecule has 0 radical (unpaired) electrons. The van der Waals surface area contributed by atoms with E-state index in [1.54, 1.807) is 11.0 Å². The number of anilines is 1. The van der Waals surface area contributed by atoms with Crippen LogP contribution in [0.4, 0.5) is 5.69 Å². The standard InChI is InChI=1S/C16H15NO4/c1-9-2-4-10(5-3-9)17-8-16-7-6-11(21-16)12(15(19)20)13(16)14(17)18/h2-7,11-13H,8H2,1H3,(H,19,20)/p-1/t11-,12+,13+,16+/m1/s1. The minimum absolute atomic E-state index is 0.195. The minimum atomic E-state index is -1.21. The molecule has 5 heteroatoms. The smallest absolute Gasteiger partial charge is 0.234 e. The molecule has 0 N–H and O–H groups in total. The molecule has 3 aliphatic rings. The maximum atomic E-state index is 12.7. The second-order valence-electron chi connectivity index (χ2n) is 5.98. The molecule has 4 rings (SSSR count). The topological polar surface area (TPSA) is 69.7 Å². The van der Waals surface area contributed by atoms with Gasteiger partial charge in [0.1, 0.15) is 5.60 Å². The summed E-state index contributed by atoms with van der Waals surface area (Å²) in [6, 6.07) is 7.60. The molecule has 4 atom stereocenters. The summed E-state index contributed by atoms with van der Waals surface area (Å²) in [5.41, 5.74) is 1.07. The molecule has 0 aliphatic carbocycles. The van der Waals surface area contributed by atoms with E-state index in [9.17, 15) is 14.7 Å². The largest absolute Gasteiger partial charge is 0.550 e. The van der Waals surface area contributed by atoms with Crippen molar-refractivity contribution in [3.8, 4) is 0 Å². The zero-order chi connectivity index (χ0) is 14.8. The number of amides is 1. The molecule has 1 aromatic rings. The van der Waals surface area contributed by atoms with Crippen molar-refractivity contribution in [1.29, 1.82) is 0 Å². The number of hydrogen-bond donors (Lipinski definition) is 0. The van der Waals surface area contributed by atoms with Gasteiger partial charge in [-0.25, -0.2) is 0 Å². The Hall–Kier alpha value is -2.14. The summed E-state index contributed by atoms with van der Waals surface area (Å²) >= 11 is 0. The molecular weight excluding hydrogens is 270 g/mol. The SMILES string of the molecule is Cc1ccc(N2C[C@]34C=C[C@@H](O3)[C@H](C(=O)[O-])[C@H]4C2=O)cc1. The van der Waals surface area contributed by atoms with E-state index in [-0.39, 0.29) is 5.91 Å². The van der Waals surface area contributed by atoms with E-state index < -0.39 is 29.5 Å². The molecule has 2 saturated heterocycles. The fourth-order valence-electron chi connectivity index (χ4n) is 3.71. The number of carbonyl (C=O) groups is 2.